The lowest BCUT2D eigenvalue weighted by Crippen LogP contribution is -2.28. The van der Waals surface area contributed by atoms with Gasteiger partial charge in [-0.2, -0.15) is 10.1 Å². The van der Waals surface area contributed by atoms with Gasteiger partial charge >= 0.3 is 0 Å². The van der Waals surface area contributed by atoms with Crippen LogP contribution in [0.5, 0.6) is 0 Å². The van der Waals surface area contributed by atoms with Crippen molar-refractivity contribution in [2.24, 2.45) is 28.8 Å². The van der Waals surface area contributed by atoms with Crippen LogP contribution in [0.15, 0.2) is 41.5 Å². The van der Waals surface area contributed by atoms with Crippen molar-refractivity contribution in [3.05, 3.63) is 52.1 Å². The Hall–Kier alpha value is -2.83. The summed E-state index contributed by atoms with van der Waals surface area (Å²) in [5, 5.41) is 15.7. The number of hydrogen-bond donors (Lipinski definition) is 0. The maximum absolute atomic E-state index is 12.4. The lowest BCUT2D eigenvalue weighted by atomic mass is 9.85. The number of nitro benzene ring substituents is 1. The first-order valence-electron chi connectivity index (χ1n) is 7.41. The van der Waals surface area contributed by atoms with Crippen LogP contribution in [0, 0.1) is 33.8 Å². The molecule has 4 rings (SSSR count). The molecule has 3 aliphatic rings. The molecule has 7 nitrogen and oxygen atoms in total. The highest BCUT2D eigenvalue weighted by molar-refractivity contribution is 6.06. The molecule has 0 N–H and O–H groups in total. The normalized spacial score (nSPS) is 31.4. The van der Waals surface area contributed by atoms with Crippen molar-refractivity contribution in [1.82, 2.24) is 5.01 Å². The molecule has 0 unspecified atom stereocenters. The van der Waals surface area contributed by atoms with Crippen LogP contribution in [0.1, 0.15) is 12.0 Å². The standard InChI is InChI=1S/C16H13N3O4/c20-15-13-10-4-5-11(7-10)14(13)16(21)18(15)17-8-9-2-1-3-12(6-9)19(22)23/h1-6,8,10-11,13-14H,7H2/b17-8-/t10-,11-,13-,14-/m0/s1. The Bertz CT molecular complexity index is 755. The van der Waals surface area contributed by atoms with Crippen LogP contribution in [0.2, 0.25) is 0 Å². The summed E-state index contributed by atoms with van der Waals surface area (Å²) in [6, 6.07) is 5.89. The molecule has 0 radical (unpaired) electrons. The van der Waals surface area contributed by atoms with Crippen molar-refractivity contribution in [2.45, 2.75) is 6.42 Å². The molecule has 0 aromatic heterocycles. The minimum atomic E-state index is -0.503. The van der Waals surface area contributed by atoms with Gasteiger partial charge in [0, 0.05) is 17.7 Å². The maximum Gasteiger partial charge on any atom is 0.270 e. The Morgan fingerprint density at radius 3 is 2.43 bits per heavy atom. The highest BCUT2D eigenvalue weighted by Crippen LogP contribution is 2.52. The topological polar surface area (TPSA) is 92.9 Å². The molecule has 2 fully saturated rings. The molecule has 2 aliphatic carbocycles. The van der Waals surface area contributed by atoms with Gasteiger partial charge in [-0.15, -0.1) is 0 Å². The Labute approximate surface area is 131 Å². The molecular formula is C16H13N3O4. The third-order valence-electron chi connectivity index (χ3n) is 4.85. The fourth-order valence-corrected chi connectivity index (χ4v) is 3.84. The van der Waals surface area contributed by atoms with E-state index in [9.17, 15) is 19.7 Å². The number of nitro groups is 1. The fourth-order valence-electron chi connectivity index (χ4n) is 3.84. The number of carbonyl (C=O) groups is 2. The summed E-state index contributed by atoms with van der Waals surface area (Å²) in [7, 11) is 0. The minimum absolute atomic E-state index is 0.0628. The second kappa shape index (κ2) is 4.84. The van der Waals surface area contributed by atoms with Gasteiger partial charge in [0.1, 0.15) is 0 Å². The van der Waals surface area contributed by atoms with Crippen LogP contribution in [0.3, 0.4) is 0 Å². The van der Waals surface area contributed by atoms with Gasteiger partial charge in [0.25, 0.3) is 17.5 Å². The summed E-state index contributed by atoms with van der Waals surface area (Å²) in [6.07, 6.45) is 6.23. The lowest BCUT2D eigenvalue weighted by Gasteiger charge is -2.13. The van der Waals surface area contributed by atoms with Gasteiger partial charge in [-0.1, -0.05) is 24.3 Å². The summed E-state index contributed by atoms with van der Waals surface area (Å²) in [4.78, 5) is 35.1. The molecule has 116 valence electrons. The lowest BCUT2D eigenvalue weighted by molar-refractivity contribution is -0.384. The number of allylic oxidation sites excluding steroid dienone is 2. The van der Waals surface area contributed by atoms with E-state index in [1.54, 1.807) is 6.07 Å². The number of fused-ring (bicyclic) bond motifs is 5. The molecule has 4 atom stereocenters. The van der Waals surface area contributed by atoms with Gasteiger partial charge in [-0.3, -0.25) is 19.7 Å². The number of carbonyl (C=O) groups excluding carboxylic acids is 2. The fraction of sp³-hybridized carbons (Fsp3) is 0.312. The minimum Gasteiger partial charge on any atom is -0.272 e. The molecule has 0 spiro atoms. The Balaban J connectivity index is 1.58. The molecule has 7 heteroatoms. The molecule has 1 aliphatic heterocycles. The van der Waals surface area contributed by atoms with Gasteiger partial charge < -0.3 is 0 Å². The second-order valence-electron chi connectivity index (χ2n) is 6.08. The van der Waals surface area contributed by atoms with E-state index < -0.39 is 4.92 Å². The van der Waals surface area contributed by atoms with Crippen LogP contribution < -0.4 is 0 Å². The third-order valence-corrected chi connectivity index (χ3v) is 4.85. The Kier molecular flexibility index (Phi) is 2.90. The van der Waals surface area contributed by atoms with E-state index in [2.05, 4.69) is 5.10 Å². The SMILES string of the molecule is O=C1[C@@H]2[C@@H](C(=O)N1/N=C\c1cccc([N+](=O)[O-])c1)[C@H]1C=C[C@H]2C1. The summed E-state index contributed by atoms with van der Waals surface area (Å²) in [6.45, 7) is 0. The van der Waals surface area contributed by atoms with Crippen LogP contribution in [0.4, 0.5) is 5.69 Å². The van der Waals surface area contributed by atoms with E-state index >= 15 is 0 Å². The summed E-state index contributed by atoms with van der Waals surface area (Å²) >= 11 is 0. The smallest absolute Gasteiger partial charge is 0.270 e. The molecule has 1 saturated heterocycles. The predicted octanol–water partition coefficient (Wildman–Crippen LogP) is 1.74. The summed E-state index contributed by atoms with van der Waals surface area (Å²) in [5.74, 6) is -0.837. The van der Waals surface area contributed by atoms with E-state index in [4.69, 9.17) is 0 Å². The van der Waals surface area contributed by atoms with Crippen molar-refractivity contribution in [1.29, 1.82) is 0 Å². The zero-order chi connectivity index (χ0) is 16.1. The predicted molar refractivity (Wildman–Crippen MR) is 80.3 cm³/mol. The number of imide groups is 1. The molecule has 1 heterocycles. The first-order chi connectivity index (χ1) is 11.1. The number of hydrazone groups is 1. The van der Waals surface area contributed by atoms with Gasteiger partial charge in [-0.25, -0.2) is 0 Å². The number of benzene rings is 1. The zero-order valence-electron chi connectivity index (χ0n) is 12.0. The van der Waals surface area contributed by atoms with E-state index in [1.165, 1.54) is 24.4 Å². The molecular weight excluding hydrogens is 298 g/mol. The maximum atomic E-state index is 12.4. The Morgan fingerprint density at radius 1 is 1.17 bits per heavy atom. The average molecular weight is 311 g/mol. The average Bonchev–Trinajstić information content (AvgIpc) is 3.21. The van der Waals surface area contributed by atoms with Gasteiger partial charge in [0.05, 0.1) is 23.0 Å². The van der Waals surface area contributed by atoms with Crippen LogP contribution >= 0.6 is 0 Å². The number of non-ortho nitro benzene ring substituents is 1. The summed E-state index contributed by atoms with van der Waals surface area (Å²) in [5.41, 5.74) is 0.407. The van der Waals surface area contributed by atoms with E-state index in [0.29, 0.717) is 5.56 Å². The highest BCUT2D eigenvalue weighted by atomic mass is 16.6. The molecule has 1 saturated carbocycles. The van der Waals surface area contributed by atoms with Gasteiger partial charge in [0.15, 0.2) is 0 Å². The molecule has 23 heavy (non-hydrogen) atoms. The van der Waals surface area contributed by atoms with E-state index in [-0.39, 0.29) is 41.2 Å². The van der Waals surface area contributed by atoms with Crippen LogP contribution in [-0.2, 0) is 9.59 Å². The largest absolute Gasteiger partial charge is 0.272 e. The molecule has 2 amide bonds. The molecule has 1 aromatic carbocycles. The number of hydrogen-bond acceptors (Lipinski definition) is 5. The summed E-state index contributed by atoms with van der Waals surface area (Å²) < 4.78 is 0. The molecule has 1 aromatic rings. The quantitative estimate of drug-likeness (QED) is 0.279. The Morgan fingerprint density at radius 2 is 1.83 bits per heavy atom. The van der Waals surface area contributed by atoms with Crippen LogP contribution in [0.25, 0.3) is 0 Å². The second-order valence-corrected chi connectivity index (χ2v) is 6.08. The van der Waals surface area contributed by atoms with Crippen molar-refractivity contribution in [3.63, 3.8) is 0 Å². The monoisotopic (exact) mass is 311 g/mol. The van der Waals surface area contributed by atoms with Crippen LogP contribution in [-0.4, -0.2) is 28.0 Å². The zero-order valence-corrected chi connectivity index (χ0v) is 12.0. The van der Waals surface area contributed by atoms with Crippen molar-refractivity contribution < 1.29 is 14.5 Å². The van der Waals surface area contributed by atoms with Gasteiger partial charge in [-0.05, 0) is 18.3 Å². The van der Waals surface area contributed by atoms with Crippen molar-refractivity contribution in [2.75, 3.05) is 0 Å². The van der Waals surface area contributed by atoms with E-state index in [0.717, 1.165) is 11.4 Å². The van der Waals surface area contributed by atoms with Gasteiger partial charge in [0.2, 0.25) is 0 Å². The van der Waals surface area contributed by atoms with Crippen molar-refractivity contribution in [3.8, 4) is 0 Å². The van der Waals surface area contributed by atoms with Crippen molar-refractivity contribution >= 4 is 23.7 Å². The first-order valence-corrected chi connectivity index (χ1v) is 7.41. The third kappa shape index (κ3) is 2.00. The van der Waals surface area contributed by atoms with E-state index in [1.807, 2.05) is 12.2 Å². The molecule has 2 bridgehead atoms. The number of nitrogens with zero attached hydrogens (tertiary/aromatic N) is 3. The number of rotatable bonds is 3. The number of amides is 2. The highest BCUT2D eigenvalue weighted by Gasteiger charge is 2.59. The first kappa shape index (κ1) is 13.8.